The lowest BCUT2D eigenvalue weighted by Gasteiger charge is -2.28. The van der Waals surface area contributed by atoms with Gasteiger partial charge in [0.2, 0.25) is 5.91 Å². The quantitative estimate of drug-likeness (QED) is 0.598. The molecule has 6 nitrogen and oxygen atoms in total. The van der Waals surface area contributed by atoms with Crippen LogP contribution in [0.2, 0.25) is 10.0 Å². The Labute approximate surface area is 205 Å². The highest BCUT2D eigenvalue weighted by molar-refractivity contribution is 6.36. The molecule has 1 N–H and O–H groups in total. The summed E-state index contributed by atoms with van der Waals surface area (Å²) in [5.74, 6) is 0.630. The first kappa shape index (κ1) is 25.2. The Balaban J connectivity index is 1.68. The summed E-state index contributed by atoms with van der Waals surface area (Å²) in [5.41, 5.74) is 1.42. The Morgan fingerprint density at radius 3 is 2.39 bits per heavy atom. The molecule has 1 atom stereocenters. The second kappa shape index (κ2) is 11.6. The third-order valence-corrected chi connectivity index (χ3v) is 6.28. The van der Waals surface area contributed by atoms with Crippen LogP contribution in [-0.4, -0.2) is 56.0 Å². The van der Waals surface area contributed by atoms with E-state index in [0.29, 0.717) is 30.1 Å². The van der Waals surface area contributed by atoms with Gasteiger partial charge in [0.1, 0.15) is 11.8 Å². The van der Waals surface area contributed by atoms with Crippen LogP contribution in [0.25, 0.3) is 0 Å². The number of carbonyl (C=O) groups is 2. The van der Waals surface area contributed by atoms with Gasteiger partial charge in [-0.25, -0.2) is 0 Å². The molecule has 0 saturated carbocycles. The van der Waals surface area contributed by atoms with Gasteiger partial charge in [-0.05, 0) is 61.2 Å². The molecule has 1 fully saturated rings. The lowest BCUT2D eigenvalue weighted by Crippen LogP contribution is -2.50. The minimum atomic E-state index is -0.614. The maximum atomic E-state index is 13.4. The summed E-state index contributed by atoms with van der Waals surface area (Å²) in [5, 5.41) is 3.63. The van der Waals surface area contributed by atoms with Crippen molar-refractivity contribution >= 4 is 40.7 Å². The minimum Gasteiger partial charge on any atom is -0.497 e. The smallest absolute Gasteiger partial charge is 0.253 e. The fourth-order valence-electron chi connectivity index (χ4n) is 4.01. The summed E-state index contributed by atoms with van der Waals surface area (Å²) < 4.78 is 5.24. The van der Waals surface area contributed by atoms with Crippen molar-refractivity contribution in [2.75, 3.05) is 38.2 Å². The van der Waals surface area contributed by atoms with E-state index in [4.69, 9.17) is 27.9 Å². The van der Waals surface area contributed by atoms with E-state index in [1.54, 1.807) is 19.2 Å². The van der Waals surface area contributed by atoms with Crippen molar-refractivity contribution in [1.82, 2.24) is 10.2 Å². The highest BCUT2D eigenvalue weighted by atomic mass is 35.5. The van der Waals surface area contributed by atoms with Gasteiger partial charge in [0, 0.05) is 36.9 Å². The second-order valence-corrected chi connectivity index (χ2v) is 9.49. The Morgan fingerprint density at radius 2 is 1.76 bits per heavy atom. The van der Waals surface area contributed by atoms with Gasteiger partial charge in [-0.3, -0.25) is 9.59 Å². The van der Waals surface area contributed by atoms with Crippen LogP contribution in [0.4, 0.5) is 5.69 Å². The van der Waals surface area contributed by atoms with Gasteiger partial charge in [-0.1, -0.05) is 37.0 Å². The summed E-state index contributed by atoms with van der Waals surface area (Å²) >= 11 is 12.2. The van der Waals surface area contributed by atoms with Crippen LogP contribution in [-0.2, 0) is 4.79 Å². The zero-order valence-corrected chi connectivity index (χ0v) is 20.8. The van der Waals surface area contributed by atoms with Gasteiger partial charge in [0.15, 0.2) is 0 Å². The molecular weight excluding hydrogens is 461 g/mol. The molecule has 0 bridgehead atoms. The van der Waals surface area contributed by atoms with E-state index in [1.807, 2.05) is 43.0 Å². The van der Waals surface area contributed by atoms with E-state index in [1.165, 1.54) is 6.07 Å². The van der Waals surface area contributed by atoms with Crippen molar-refractivity contribution < 1.29 is 14.3 Å². The fraction of sp³-hybridized carbons (Fsp3) is 0.440. The third kappa shape index (κ3) is 6.78. The normalized spacial score (nSPS) is 15.2. The predicted molar refractivity (Wildman–Crippen MR) is 134 cm³/mol. The Morgan fingerprint density at radius 1 is 1.03 bits per heavy atom. The summed E-state index contributed by atoms with van der Waals surface area (Å²) in [6.45, 7) is 6.90. The number of anilines is 1. The minimum absolute atomic E-state index is 0.0567. The molecule has 0 spiro atoms. The van der Waals surface area contributed by atoms with Gasteiger partial charge in [-0.2, -0.15) is 0 Å². The molecule has 1 unspecified atom stereocenters. The SMILES string of the molecule is COc1ccc(N2CCCN(C(=O)C(CC(C)C)NC(=O)c3ccc(Cl)cc3Cl)CC2)cc1. The molecule has 3 rings (SSSR count). The largest absolute Gasteiger partial charge is 0.497 e. The average molecular weight is 492 g/mol. The van der Waals surface area contributed by atoms with Crippen LogP contribution < -0.4 is 15.0 Å². The van der Waals surface area contributed by atoms with E-state index < -0.39 is 6.04 Å². The molecule has 178 valence electrons. The van der Waals surface area contributed by atoms with Crippen LogP contribution in [0.15, 0.2) is 42.5 Å². The first-order valence-electron chi connectivity index (χ1n) is 11.2. The van der Waals surface area contributed by atoms with Gasteiger partial charge >= 0.3 is 0 Å². The van der Waals surface area contributed by atoms with Crippen LogP contribution in [0.3, 0.4) is 0 Å². The second-order valence-electron chi connectivity index (χ2n) is 8.64. The van der Waals surface area contributed by atoms with Crippen molar-refractivity contribution in [2.24, 2.45) is 5.92 Å². The molecule has 2 aromatic rings. The molecule has 1 saturated heterocycles. The average Bonchev–Trinajstić information content (AvgIpc) is 3.04. The fourth-order valence-corrected chi connectivity index (χ4v) is 4.51. The van der Waals surface area contributed by atoms with Crippen molar-refractivity contribution in [3.05, 3.63) is 58.1 Å². The maximum Gasteiger partial charge on any atom is 0.253 e. The molecule has 33 heavy (non-hydrogen) atoms. The molecule has 2 aromatic carbocycles. The van der Waals surface area contributed by atoms with Gasteiger partial charge in [0.05, 0.1) is 17.7 Å². The van der Waals surface area contributed by atoms with Gasteiger partial charge in [0.25, 0.3) is 5.91 Å². The zero-order valence-electron chi connectivity index (χ0n) is 19.3. The van der Waals surface area contributed by atoms with Crippen molar-refractivity contribution in [3.63, 3.8) is 0 Å². The number of hydrogen-bond donors (Lipinski definition) is 1. The van der Waals surface area contributed by atoms with Crippen LogP contribution in [0, 0.1) is 5.92 Å². The maximum absolute atomic E-state index is 13.4. The molecule has 0 radical (unpaired) electrons. The molecule has 1 aliphatic rings. The highest BCUT2D eigenvalue weighted by Crippen LogP contribution is 2.23. The molecule has 0 aliphatic carbocycles. The number of ether oxygens (including phenoxy) is 1. The molecule has 0 aromatic heterocycles. The molecular formula is C25H31Cl2N3O3. The summed E-state index contributed by atoms with van der Waals surface area (Å²) in [6, 6.07) is 12.1. The molecule has 8 heteroatoms. The Kier molecular flexibility index (Phi) is 8.87. The number of methoxy groups -OCH3 is 1. The lowest BCUT2D eigenvalue weighted by atomic mass is 10.0. The number of benzene rings is 2. The Bertz CT molecular complexity index is 966. The first-order valence-corrected chi connectivity index (χ1v) is 12.0. The van der Waals surface area contributed by atoms with E-state index in [-0.39, 0.29) is 22.8 Å². The third-order valence-electron chi connectivity index (χ3n) is 5.73. The van der Waals surface area contributed by atoms with Crippen LogP contribution in [0.5, 0.6) is 5.75 Å². The predicted octanol–water partition coefficient (Wildman–Crippen LogP) is 4.89. The zero-order chi connectivity index (χ0) is 24.0. The molecule has 1 heterocycles. The van der Waals surface area contributed by atoms with Crippen molar-refractivity contribution in [3.8, 4) is 5.75 Å². The number of nitrogens with zero attached hydrogens (tertiary/aromatic N) is 2. The number of nitrogens with one attached hydrogen (secondary N) is 1. The van der Waals surface area contributed by atoms with Crippen molar-refractivity contribution in [1.29, 1.82) is 0 Å². The number of halogens is 2. The number of rotatable bonds is 7. The van der Waals surface area contributed by atoms with Crippen LogP contribution in [0.1, 0.15) is 37.0 Å². The standard InChI is InChI=1S/C25H31Cl2N3O3/c1-17(2)15-23(28-24(31)21-10-5-18(26)16-22(21)27)25(32)30-12-4-11-29(13-14-30)19-6-8-20(33-3)9-7-19/h5-10,16-17,23H,4,11-15H2,1-3H3,(H,28,31). The van der Waals surface area contributed by atoms with Crippen LogP contribution >= 0.6 is 23.2 Å². The summed E-state index contributed by atoms with van der Waals surface area (Å²) in [4.78, 5) is 30.5. The monoisotopic (exact) mass is 491 g/mol. The first-order chi connectivity index (χ1) is 15.8. The van der Waals surface area contributed by atoms with E-state index in [2.05, 4.69) is 10.2 Å². The lowest BCUT2D eigenvalue weighted by molar-refractivity contribution is -0.133. The highest BCUT2D eigenvalue weighted by Gasteiger charge is 2.29. The van der Waals surface area contributed by atoms with E-state index >= 15 is 0 Å². The number of amides is 2. The topological polar surface area (TPSA) is 61.9 Å². The van der Waals surface area contributed by atoms with E-state index in [0.717, 1.165) is 30.9 Å². The van der Waals surface area contributed by atoms with Gasteiger partial charge in [-0.15, -0.1) is 0 Å². The molecule has 2 amide bonds. The van der Waals surface area contributed by atoms with Crippen molar-refractivity contribution in [2.45, 2.75) is 32.7 Å². The number of hydrogen-bond acceptors (Lipinski definition) is 4. The number of carbonyl (C=O) groups excluding carboxylic acids is 2. The summed E-state index contributed by atoms with van der Waals surface area (Å²) in [6.07, 6.45) is 1.40. The Hall–Kier alpha value is -2.44. The van der Waals surface area contributed by atoms with Gasteiger partial charge < -0.3 is 19.9 Å². The molecule has 1 aliphatic heterocycles. The summed E-state index contributed by atoms with van der Waals surface area (Å²) in [7, 11) is 1.65. The van der Waals surface area contributed by atoms with E-state index in [9.17, 15) is 9.59 Å².